The molecule has 2 heterocycles. The molecular formula is C11H13N4O3S+. The summed E-state index contributed by atoms with van der Waals surface area (Å²) < 4.78 is 31.3. The van der Waals surface area contributed by atoms with Crippen molar-refractivity contribution in [2.45, 2.75) is 13.5 Å². The lowest BCUT2D eigenvalue weighted by Crippen LogP contribution is -2.40. The van der Waals surface area contributed by atoms with Crippen LogP contribution in [-0.4, -0.2) is 33.8 Å². The van der Waals surface area contributed by atoms with Crippen LogP contribution in [0.15, 0.2) is 30.7 Å². The number of hydrogen-bond donors (Lipinski definition) is 1. The maximum atomic E-state index is 10.6. The summed E-state index contributed by atoms with van der Waals surface area (Å²) in [5.74, 6) is 0.303. The average Bonchev–Trinajstić information content (AvgIpc) is 2.36. The van der Waals surface area contributed by atoms with Crippen molar-refractivity contribution in [1.29, 1.82) is 0 Å². The lowest BCUT2D eigenvalue weighted by molar-refractivity contribution is -0.750. The largest absolute Gasteiger partial charge is 0.285 e. The second kappa shape index (κ2) is 5.37. The van der Waals surface area contributed by atoms with Gasteiger partial charge in [-0.1, -0.05) is 4.68 Å². The molecule has 19 heavy (non-hydrogen) atoms. The van der Waals surface area contributed by atoms with Crippen molar-refractivity contribution in [1.82, 2.24) is 15.1 Å². The molecule has 1 N–H and O–H groups in total. The van der Waals surface area contributed by atoms with E-state index in [2.05, 4.69) is 15.1 Å². The minimum absolute atomic E-state index is 0.0991. The van der Waals surface area contributed by atoms with Crippen molar-refractivity contribution in [3.05, 3.63) is 36.5 Å². The molecule has 0 amide bonds. The van der Waals surface area contributed by atoms with Crippen molar-refractivity contribution in [3.63, 3.8) is 0 Å². The van der Waals surface area contributed by atoms with Crippen LogP contribution in [0, 0.1) is 6.92 Å². The Morgan fingerprint density at radius 3 is 2.74 bits per heavy atom. The smallest absolute Gasteiger partial charge is 0.271 e. The third kappa shape index (κ3) is 4.04. The van der Waals surface area contributed by atoms with Crippen molar-refractivity contribution in [2.75, 3.05) is 5.75 Å². The van der Waals surface area contributed by atoms with E-state index in [0.717, 1.165) is 11.3 Å². The fraction of sp³-hybridized carbons (Fsp3) is 0.273. The Bertz CT molecular complexity index is 671. The summed E-state index contributed by atoms with van der Waals surface area (Å²) in [5.41, 5.74) is 1.57. The quantitative estimate of drug-likeness (QED) is 0.627. The predicted molar refractivity (Wildman–Crippen MR) is 66.6 cm³/mol. The Kier molecular flexibility index (Phi) is 3.82. The van der Waals surface area contributed by atoms with Gasteiger partial charge >= 0.3 is 0 Å². The Balaban J connectivity index is 2.15. The average molecular weight is 281 g/mol. The molecule has 7 nitrogen and oxygen atoms in total. The Hall–Kier alpha value is -1.93. The number of aromatic nitrogens is 4. The summed E-state index contributed by atoms with van der Waals surface area (Å²) in [4.78, 5) is 8.27. The number of nitrogens with zero attached hydrogens (tertiary/aromatic N) is 4. The molecule has 2 aromatic rings. The zero-order chi connectivity index (χ0) is 13.9. The van der Waals surface area contributed by atoms with E-state index >= 15 is 0 Å². The van der Waals surface area contributed by atoms with Gasteiger partial charge in [-0.15, -0.1) is 0 Å². The predicted octanol–water partition coefficient (Wildman–Crippen LogP) is 0.0223. The monoisotopic (exact) mass is 281 g/mol. The summed E-state index contributed by atoms with van der Waals surface area (Å²) in [5, 5.41) is 4.07. The third-order valence-corrected chi connectivity index (χ3v) is 3.12. The number of hydrogen-bond acceptors (Lipinski definition) is 5. The molecule has 0 aliphatic heterocycles. The first kappa shape index (κ1) is 13.5. The van der Waals surface area contributed by atoms with Crippen molar-refractivity contribution < 1.29 is 17.7 Å². The summed E-state index contributed by atoms with van der Waals surface area (Å²) in [6, 6.07) is 3.55. The molecule has 2 aromatic heterocycles. The van der Waals surface area contributed by atoms with Gasteiger partial charge in [0.05, 0.1) is 5.69 Å². The van der Waals surface area contributed by atoms with Gasteiger partial charge in [-0.2, -0.15) is 8.42 Å². The van der Waals surface area contributed by atoms with Crippen LogP contribution in [0.2, 0.25) is 0 Å². The van der Waals surface area contributed by atoms with E-state index in [-0.39, 0.29) is 12.3 Å². The first-order chi connectivity index (χ1) is 8.94. The fourth-order valence-corrected chi connectivity index (χ4v) is 1.91. The maximum Gasteiger partial charge on any atom is 0.271 e. The lowest BCUT2D eigenvalue weighted by Gasteiger charge is -1.99. The van der Waals surface area contributed by atoms with Gasteiger partial charge in [-0.25, -0.2) is 9.97 Å². The molecule has 0 atom stereocenters. The van der Waals surface area contributed by atoms with E-state index < -0.39 is 10.1 Å². The molecule has 0 aromatic carbocycles. The summed E-state index contributed by atoms with van der Waals surface area (Å²) in [7, 11) is -3.97. The van der Waals surface area contributed by atoms with Gasteiger partial charge in [0.2, 0.25) is 0 Å². The lowest BCUT2D eigenvalue weighted by atomic mass is 10.2. The number of rotatable bonds is 4. The van der Waals surface area contributed by atoms with Crippen LogP contribution in [0.4, 0.5) is 0 Å². The molecule has 0 saturated carbocycles. The molecule has 0 spiro atoms. The van der Waals surface area contributed by atoms with E-state index in [1.54, 1.807) is 37.6 Å². The Labute approximate surface area is 110 Å². The van der Waals surface area contributed by atoms with Crippen LogP contribution in [-0.2, 0) is 16.7 Å². The van der Waals surface area contributed by atoms with E-state index in [4.69, 9.17) is 4.55 Å². The third-order valence-electron chi connectivity index (χ3n) is 2.42. The van der Waals surface area contributed by atoms with Gasteiger partial charge in [-0.3, -0.25) is 4.55 Å². The summed E-state index contributed by atoms with van der Waals surface area (Å²) >= 11 is 0. The standard InChI is InChI=1S/C11H12N4O3S/c1-9-12-4-2-11(14-9)10-3-5-15(13-8-10)6-7-19(16,17)18/h2-5,8H,6-7H2,1H3/p+1. The van der Waals surface area contributed by atoms with E-state index in [0.29, 0.717) is 5.82 Å². The fourth-order valence-electron chi connectivity index (χ4n) is 1.49. The minimum atomic E-state index is -3.97. The van der Waals surface area contributed by atoms with Gasteiger partial charge in [0.25, 0.3) is 10.1 Å². The molecule has 0 bridgehead atoms. The van der Waals surface area contributed by atoms with E-state index in [1.165, 1.54) is 4.68 Å². The minimum Gasteiger partial charge on any atom is -0.285 e. The highest BCUT2D eigenvalue weighted by Crippen LogP contribution is 2.12. The van der Waals surface area contributed by atoms with Crippen molar-refractivity contribution in [3.8, 4) is 11.3 Å². The van der Waals surface area contributed by atoms with E-state index in [9.17, 15) is 8.42 Å². The molecule has 0 aliphatic carbocycles. The highest BCUT2D eigenvalue weighted by atomic mass is 32.2. The second-order valence-electron chi connectivity index (χ2n) is 3.95. The number of aryl methyl sites for hydroxylation is 2. The first-order valence-electron chi connectivity index (χ1n) is 5.55. The molecule has 8 heteroatoms. The summed E-state index contributed by atoms with van der Waals surface area (Å²) in [6.07, 6.45) is 4.89. The molecule has 0 radical (unpaired) electrons. The molecule has 0 aliphatic rings. The van der Waals surface area contributed by atoms with Crippen molar-refractivity contribution in [2.24, 2.45) is 0 Å². The molecule has 0 unspecified atom stereocenters. The normalized spacial score (nSPS) is 11.5. The zero-order valence-corrected chi connectivity index (χ0v) is 11.1. The van der Waals surface area contributed by atoms with Crippen LogP contribution in [0.25, 0.3) is 11.3 Å². The van der Waals surface area contributed by atoms with Crippen LogP contribution < -0.4 is 4.68 Å². The van der Waals surface area contributed by atoms with Crippen LogP contribution in [0.1, 0.15) is 5.82 Å². The van der Waals surface area contributed by atoms with Crippen molar-refractivity contribution >= 4 is 10.1 Å². The molecule has 2 rings (SSSR count). The molecule has 0 fully saturated rings. The zero-order valence-electron chi connectivity index (χ0n) is 10.3. The topological polar surface area (TPSA) is 96.9 Å². The SMILES string of the molecule is Cc1nccc(-c2cc[n+](CCS(=O)(=O)O)nc2)n1. The van der Waals surface area contributed by atoms with Gasteiger partial charge in [0.15, 0.2) is 12.7 Å². The van der Waals surface area contributed by atoms with Crippen LogP contribution >= 0.6 is 0 Å². The summed E-state index contributed by atoms with van der Waals surface area (Å²) in [6.45, 7) is 1.90. The van der Waals surface area contributed by atoms with Crippen LogP contribution in [0.5, 0.6) is 0 Å². The van der Waals surface area contributed by atoms with Gasteiger partial charge < -0.3 is 0 Å². The second-order valence-corrected chi connectivity index (χ2v) is 5.53. The highest BCUT2D eigenvalue weighted by Gasteiger charge is 2.11. The highest BCUT2D eigenvalue weighted by molar-refractivity contribution is 7.85. The molecular weight excluding hydrogens is 268 g/mol. The van der Waals surface area contributed by atoms with Crippen LogP contribution in [0.3, 0.4) is 0 Å². The van der Waals surface area contributed by atoms with Gasteiger partial charge in [0.1, 0.15) is 17.8 Å². The first-order valence-corrected chi connectivity index (χ1v) is 7.16. The Morgan fingerprint density at radius 2 is 2.16 bits per heavy atom. The Morgan fingerprint density at radius 1 is 1.37 bits per heavy atom. The molecule has 100 valence electrons. The van der Waals surface area contributed by atoms with E-state index in [1.807, 2.05) is 0 Å². The maximum absolute atomic E-state index is 10.6. The van der Waals surface area contributed by atoms with Gasteiger partial charge in [0, 0.05) is 17.8 Å². The van der Waals surface area contributed by atoms with Gasteiger partial charge in [-0.05, 0) is 18.1 Å². The molecule has 0 saturated heterocycles.